The van der Waals surface area contributed by atoms with Crippen LogP contribution in [-0.4, -0.2) is 13.2 Å². The average Bonchev–Trinajstić information content (AvgIpc) is 2.42. The van der Waals surface area contributed by atoms with Gasteiger partial charge in [-0.05, 0) is 24.4 Å². The summed E-state index contributed by atoms with van der Waals surface area (Å²) < 4.78 is 0. The molecule has 0 spiro atoms. The van der Waals surface area contributed by atoms with Gasteiger partial charge < -0.3 is 5.11 Å². The fourth-order valence-electron chi connectivity index (χ4n) is 2.15. The van der Waals surface area contributed by atoms with Crippen LogP contribution in [0.2, 0.25) is 25.7 Å². The first-order chi connectivity index (χ1) is 9.44. The maximum atomic E-state index is 10.4. The molecule has 0 fully saturated rings. The minimum absolute atomic E-state index is 0.119. The Morgan fingerprint density at radius 2 is 1.80 bits per heavy atom. The minimum Gasteiger partial charge on any atom is -0.388 e. The van der Waals surface area contributed by atoms with Gasteiger partial charge in [0.1, 0.15) is 0 Å². The molecule has 0 saturated heterocycles. The molecular formula is C18H28OSi. The van der Waals surface area contributed by atoms with Crippen molar-refractivity contribution in [1.29, 1.82) is 0 Å². The van der Waals surface area contributed by atoms with Crippen molar-refractivity contribution in [3.8, 4) is 0 Å². The molecule has 1 nitrogen and oxygen atoms in total. The molecule has 0 heterocycles. The van der Waals surface area contributed by atoms with Gasteiger partial charge in [-0.15, -0.1) is 6.58 Å². The lowest BCUT2D eigenvalue weighted by Gasteiger charge is -2.19. The Hall–Kier alpha value is -1.12. The maximum Gasteiger partial charge on any atom is 0.0852 e. The van der Waals surface area contributed by atoms with Crippen LogP contribution in [0, 0.1) is 5.92 Å². The van der Waals surface area contributed by atoms with E-state index in [9.17, 15) is 5.11 Å². The van der Waals surface area contributed by atoms with Crippen molar-refractivity contribution in [2.24, 2.45) is 5.92 Å². The monoisotopic (exact) mass is 288 g/mol. The van der Waals surface area contributed by atoms with Gasteiger partial charge in [0.2, 0.25) is 0 Å². The molecule has 2 heteroatoms. The van der Waals surface area contributed by atoms with Crippen LogP contribution in [0.3, 0.4) is 0 Å². The predicted octanol–water partition coefficient (Wildman–Crippen LogP) is 5.20. The molecule has 0 radical (unpaired) electrons. The Kier molecular flexibility index (Phi) is 6.96. The van der Waals surface area contributed by atoms with Crippen LogP contribution in [0.4, 0.5) is 0 Å². The Morgan fingerprint density at radius 1 is 1.15 bits per heavy atom. The van der Waals surface area contributed by atoms with E-state index in [1.807, 2.05) is 36.4 Å². The highest BCUT2D eigenvalue weighted by atomic mass is 28.3. The van der Waals surface area contributed by atoms with Crippen LogP contribution >= 0.6 is 0 Å². The van der Waals surface area contributed by atoms with E-state index in [4.69, 9.17) is 0 Å². The molecular weight excluding hydrogens is 260 g/mol. The summed E-state index contributed by atoms with van der Waals surface area (Å²) in [5.74, 6) is 0.119. The second kappa shape index (κ2) is 8.23. The first kappa shape index (κ1) is 16.9. The molecule has 1 N–H and O–H groups in total. The van der Waals surface area contributed by atoms with Crippen LogP contribution < -0.4 is 0 Å². The highest BCUT2D eigenvalue weighted by molar-refractivity contribution is 6.76. The SMILES string of the molecule is C=C[C@H](CC/C=C/C[Si](C)(C)C)[C@H](O)c1ccccc1. The average molecular weight is 289 g/mol. The number of rotatable bonds is 8. The smallest absolute Gasteiger partial charge is 0.0852 e. The third kappa shape index (κ3) is 6.35. The van der Waals surface area contributed by atoms with Gasteiger partial charge in [-0.2, -0.15) is 0 Å². The third-order valence-corrected chi connectivity index (χ3v) is 4.87. The molecule has 0 aromatic heterocycles. The molecule has 20 heavy (non-hydrogen) atoms. The van der Waals surface area contributed by atoms with Crippen LogP contribution in [0.5, 0.6) is 0 Å². The Morgan fingerprint density at radius 3 is 2.35 bits per heavy atom. The number of hydrogen-bond acceptors (Lipinski definition) is 1. The van der Waals surface area contributed by atoms with E-state index >= 15 is 0 Å². The molecule has 1 aromatic rings. The molecule has 0 unspecified atom stereocenters. The summed E-state index contributed by atoms with van der Waals surface area (Å²) in [6.07, 6.45) is 7.95. The minimum atomic E-state index is -0.974. The van der Waals surface area contributed by atoms with E-state index < -0.39 is 14.2 Å². The van der Waals surface area contributed by atoms with Gasteiger partial charge >= 0.3 is 0 Å². The normalized spacial score (nSPS) is 15.2. The van der Waals surface area contributed by atoms with Gasteiger partial charge in [-0.25, -0.2) is 0 Å². The van der Waals surface area contributed by atoms with Crippen molar-refractivity contribution in [3.05, 3.63) is 60.7 Å². The lowest BCUT2D eigenvalue weighted by atomic mass is 9.92. The van der Waals surface area contributed by atoms with E-state index in [1.54, 1.807) is 0 Å². The van der Waals surface area contributed by atoms with Crippen molar-refractivity contribution in [2.45, 2.75) is 44.6 Å². The molecule has 0 saturated carbocycles. The van der Waals surface area contributed by atoms with Crippen molar-refractivity contribution in [1.82, 2.24) is 0 Å². The molecule has 0 aliphatic heterocycles. The summed E-state index contributed by atoms with van der Waals surface area (Å²) in [5.41, 5.74) is 0.975. The molecule has 110 valence electrons. The molecule has 0 amide bonds. The standard InChI is InChI=1S/C18H28OSi/c1-5-16(12-10-7-11-15-20(2,3)4)18(19)17-13-8-6-9-14-17/h5-9,11,13-14,16,18-19H,1,10,12,15H2,2-4H3/b11-7+/t16-,18+/m1/s1. The Balaban J connectivity index is 2.46. The summed E-state index contributed by atoms with van der Waals surface area (Å²) in [4.78, 5) is 0. The van der Waals surface area contributed by atoms with Gasteiger partial charge in [0, 0.05) is 14.0 Å². The third-order valence-electron chi connectivity index (χ3n) is 3.41. The highest BCUT2D eigenvalue weighted by Crippen LogP contribution is 2.26. The van der Waals surface area contributed by atoms with Gasteiger partial charge in [0.15, 0.2) is 0 Å². The summed E-state index contributed by atoms with van der Waals surface area (Å²) in [7, 11) is -0.974. The van der Waals surface area contributed by atoms with Crippen LogP contribution in [0.15, 0.2) is 55.1 Å². The fraction of sp³-hybridized carbons (Fsp3) is 0.444. The molecule has 0 bridgehead atoms. The Labute approximate surface area is 125 Å². The van der Waals surface area contributed by atoms with Gasteiger partial charge in [0.05, 0.1) is 6.10 Å². The highest BCUT2D eigenvalue weighted by Gasteiger charge is 2.16. The zero-order valence-electron chi connectivity index (χ0n) is 13.0. The molecule has 2 atom stereocenters. The van der Waals surface area contributed by atoms with Crippen molar-refractivity contribution in [3.63, 3.8) is 0 Å². The Bertz CT molecular complexity index is 417. The van der Waals surface area contributed by atoms with Gasteiger partial charge in [-0.1, -0.05) is 68.2 Å². The molecule has 0 aliphatic rings. The summed E-state index contributed by atoms with van der Waals surface area (Å²) >= 11 is 0. The largest absolute Gasteiger partial charge is 0.388 e. The number of aliphatic hydroxyl groups is 1. The summed E-state index contributed by atoms with van der Waals surface area (Å²) in [5, 5.41) is 10.4. The second-order valence-corrected chi connectivity index (χ2v) is 12.1. The predicted molar refractivity (Wildman–Crippen MR) is 91.6 cm³/mol. The lowest BCUT2D eigenvalue weighted by Crippen LogP contribution is -2.17. The number of benzene rings is 1. The van der Waals surface area contributed by atoms with Crippen LogP contribution in [0.25, 0.3) is 0 Å². The topological polar surface area (TPSA) is 20.2 Å². The first-order valence-corrected chi connectivity index (χ1v) is 11.2. The maximum absolute atomic E-state index is 10.4. The van der Waals surface area contributed by atoms with Crippen molar-refractivity contribution < 1.29 is 5.11 Å². The first-order valence-electron chi connectivity index (χ1n) is 7.44. The molecule has 0 aliphatic carbocycles. The van der Waals surface area contributed by atoms with E-state index in [2.05, 4.69) is 38.4 Å². The second-order valence-electron chi connectivity index (χ2n) is 6.57. The summed E-state index contributed by atoms with van der Waals surface area (Å²) in [6.45, 7) is 11.0. The molecule has 1 aromatic carbocycles. The van der Waals surface area contributed by atoms with E-state index in [-0.39, 0.29) is 5.92 Å². The zero-order valence-corrected chi connectivity index (χ0v) is 14.0. The van der Waals surface area contributed by atoms with E-state index in [1.165, 1.54) is 6.04 Å². The molecule has 1 rings (SSSR count). The number of allylic oxidation sites excluding steroid dienone is 2. The van der Waals surface area contributed by atoms with E-state index in [0.29, 0.717) is 0 Å². The van der Waals surface area contributed by atoms with Crippen molar-refractivity contribution in [2.75, 3.05) is 0 Å². The number of aliphatic hydroxyl groups excluding tert-OH is 1. The van der Waals surface area contributed by atoms with Crippen molar-refractivity contribution >= 4 is 8.07 Å². The summed E-state index contributed by atoms with van der Waals surface area (Å²) in [6, 6.07) is 11.1. The fourth-order valence-corrected chi connectivity index (χ4v) is 3.02. The number of hydrogen-bond donors (Lipinski definition) is 1. The van der Waals surface area contributed by atoms with E-state index in [0.717, 1.165) is 18.4 Å². The van der Waals surface area contributed by atoms with Crippen LogP contribution in [0.1, 0.15) is 24.5 Å². The quantitative estimate of drug-likeness (QED) is 0.515. The van der Waals surface area contributed by atoms with Gasteiger partial charge in [0.25, 0.3) is 0 Å². The van der Waals surface area contributed by atoms with Gasteiger partial charge in [-0.3, -0.25) is 0 Å². The lowest BCUT2D eigenvalue weighted by molar-refractivity contribution is 0.127. The van der Waals surface area contributed by atoms with Crippen LogP contribution in [-0.2, 0) is 0 Å². The zero-order chi connectivity index (χ0) is 15.0.